The number of esters is 1. The predicted molar refractivity (Wildman–Crippen MR) is 124 cm³/mol. The van der Waals surface area contributed by atoms with Crippen LogP contribution in [0.4, 0.5) is 16.9 Å². The standard InChI is InChI=1S/C22H23N5O5S/c1-3-32-20(30)18-13(2)23-22(33-18)26-21-24-16(14-4-6-15(7-5-14)19(28)29)12-17(25-21)27-8-10-31-11-9-27/h4-7,12H,3,8-11H2,1-2H3,(H,28,29)(H,23,24,25,26). The number of aryl methyl sites for hydroxylation is 1. The van der Waals surface area contributed by atoms with Gasteiger partial charge in [0, 0.05) is 24.7 Å². The molecule has 1 fully saturated rings. The fraction of sp³-hybridized carbons (Fsp3) is 0.318. The molecule has 1 aliphatic heterocycles. The molecule has 0 bridgehead atoms. The first-order valence-corrected chi connectivity index (χ1v) is 11.2. The molecule has 1 aliphatic rings. The molecule has 2 aromatic heterocycles. The number of benzene rings is 1. The van der Waals surface area contributed by atoms with Crippen molar-refractivity contribution >= 4 is 40.2 Å². The van der Waals surface area contributed by atoms with Crippen molar-refractivity contribution in [1.29, 1.82) is 0 Å². The maximum absolute atomic E-state index is 12.1. The molecule has 4 rings (SSSR count). The lowest BCUT2D eigenvalue weighted by Crippen LogP contribution is -2.36. The van der Waals surface area contributed by atoms with Crippen molar-refractivity contribution in [1.82, 2.24) is 15.0 Å². The van der Waals surface area contributed by atoms with Crippen LogP contribution in [-0.4, -0.2) is 64.9 Å². The molecule has 0 aliphatic carbocycles. The highest BCUT2D eigenvalue weighted by atomic mass is 32.1. The Labute approximate surface area is 194 Å². The summed E-state index contributed by atoms with van der Waals surface area (Å²) in [6, 6.07) is 8.37. The zero-order chi connectivity index (χ0) is 23.4. The molecule has 0 saturated carbocycles. The second kappa shape index (κ2) is 9.92. The molecule has 0 amide bonds. The van der Waals surface area contributed by atoms with Gasteiger partial charge >= 0.3 is 11.9 Å². The Kier molecular flexibility index (Phi) is 6.80. The van der Waals surface area contributed by atoms with Gasteiger partial charge in [-0.25, -0.2) is 19.6 Å². The van der Waals surface area contributed by atoms with Crippen molar-refractivity contribution in [2.75, 3.05) is 43.1 Å². The summed E-state index contributed by atoms with van der Waals surface area (Å²) in [6.45, 7) is 6.37. The second-order valence-corrected chi connectivity index (χ2v) is 8.20. The van der Waals surface area contributed by atoms with Crippen LogP contribution in [0.2, 0.25) is 0 Å². The molecule has 172 valence electrons. The van der Waals surface area contributed by atoms with Crippen molar-refractivity contribution in [3.8, 4) is 11.3 Å². The smallest absolute Gasteiger partial charge is 0.350 e. The molecule has 3 heterocycles. The zero-order valence-corrected chi connectivity index (χ0v) is 19.0. The van der Waals surface area contributed by atoms with Crippen LogP contribution in [-0.2, 0) is 9.47 Å². The van der Waals surface area contributed by atoms with Crippen molar-refractivity contribution in [3.63, 3.8) is 0 Å². The number of thiazole rings is 1. The van der Waals surface area contributed by atoms with Crippen molar-refractivity contribution in [3.05, 3.63) is 46.5 Å². The number of ether oxygens (including phenoxy) is 2. The predicted octanol–water partition coefficient (Wildman–Crippen LogP) is 3.36. The molecule has 2 N–H and O–H groups in total. The SMILES string of the molecule is CCOC(=O)c1sc(Nc2nc(-c3ccc(C(=O)O)cc3)cc(N3CCOCC3)n2)nc1C. The van der Waals surface area contributed by atoms with Gasteiger partial charge in [0.1, 0.15) is 10.7 Å². The third kappa shape index (κ3) is 5.26. The molecular weight excluding hydrogens is 446 g/mol. The topological polar surface area (TPSA) is 127 Å². The summed E-state index contributed by atoms with van der Waals surface area (Å²) < 4.78 is 10.5. The number of morpholine rings is 1. The van der Waals surface area contributed by atoms with Gasteiger partial charge < -0.3 is 19.5 Å². The Morgan fingerprint density at radius 2 is 1.91 bits per heavy atom. The Morgan fingerprint density at radius 3 is 2.58 bits per heavy atom. The van der Waals surface area contributed by atoms with Gasteiger partial charge in [-0.2, -0.15) is 4.98 Å². The number of rotatable bonds is 7. The summed E-state index contributed by atoms with van der Waals surface area (Å²) in [6.07, 6.45) is 0. The molecule has 0 radical (unpaired) electrons. The van der Waals surface area contributed by atoms with Gasteiger partial charge in [-0.15, -0.1) is 0 Å². The minimum Gasteiger partial charge on any atom is -0.478 e. The maximum atomic E-state index is 12.1. The Balaban J connectivity index is 1.68. The number of anilines is 3. The lowest BCUT2D eigenvalue weighted by molar-refractivity contribution is 0.0530. The van der Waals surface area contributed by atoms with Gasteiger partial charge in [0.25, 0.3) is 0 Å². The van der Waals surface area contributed by atoms with Crippen LogP contribution in [0, 0.1) is 6.92 Å². The molecule has 0 atom stereocenters. The maximum Gasteiger partial charge on any atom is 0.350 e. The number of hydrogen-bond acceptors (Lipinski definition) is 10. The Hall–Kier alpha value is -3.57. The number of carboxylic acid groups (broad SMARTS) is 1. The molecule has 0 unspecified atom stereocenters. The van der Waals surface area contributed by atoms with Crippen LogP contribution in [0.3, 0.4) is 0 Å². The molecule has 10 nitrogen and oxygen atoms in total. The fourth-order valence-corrected chi connectivity index (χ4v) is 4.16. The number of carboxylic acids is 1. The number of aromatic carboxylic acids is 1. The van der Waals surface area contributed by atoms with Crippen molar-refractivity contribution in [2.45, 2.75) is 13.8 Å². The average molecular weight is 470 g/mol. The first-order chi connectivity index (χ1) is 15.9. The van der Waals surface area contributed by atoms with Crippen LogP contribution in [0.15, 0.2) is 30.3 Å². The van der Waals surface area contributed by atoms with E-state index in [1.54, 1.807) is 26.0 Å². The summed E-state index contributed by atoms with van der Waals surface area (Å²) in [5, 5.41) is 12.8. The van der Waals surface area contributed by atoms with E-state index in [2.05, 4.69) is 25.2 Å². The van der Waals surface area contributed by atoms with E-state index >= 15 is 0 Å². The minimum absolute atomic E-state index is 0.198. The van der Waals surface area contributed by atoms with Gasteiger partial charge in [-0.3, -0.25) is 5.32 Å². The van der Waals surface area contributed by atoms with Crippen molar-refractivity contribution in [2.24, 2.45) is 0 Å². The van der Waals surface area contributed by atoms with Crippen LogP contribution in [0.5, 0.6) is 0 Å². The largest absolute Gasteiger partial charge is 0.478 e. The molecule has 1 saturated heterocycles. The van der Waals surface area contributed by atoms with E-state index in [-0.39, 0.29) is 12.2 Å². The summed E-state index contributed by atoms with van der Waals surface area (Å²) in [4.78, 5) is 39.5. The lowest BCUT2D eigenvalue weighted by Gasteiger charge is -2.28. The summed E-state index contributed by atoms with van der Waals surface area (Å²) >= 11 is 1.18. The highest BCUT2D eigenvalue weighted by Gasteiger charge is 2.19. The highest BCUT2D eigenvalue weighted by Crippen LogP contribution is 2.29. The number of nitrogens with zero attached hydrogens (tertiary/aromatic N) is 4. The first kappa shape index (κ1) is 22.6. The Morgan fingerprint density at radius 1 is 1.18 bits per heavy atom. The van der Waals surface area contributed by atoms with Gasteiger partial charge in [0.15, 0.2) is 5.13 Å². The van der Waals surface area contributed by atoms with E-state index in [9.17, 15) is 14.7 Å². The average Bonchev–Trinajstić information content (AvgIpc) is 3.19. The molecule has 1 aromatic carbocycles. The van der Waals surface area contributed by atoms with Gasteiger partial charge in [-0.1, -0.05) is 23.5 Å². The summed E-state index contributed by atoms with van der Waals surface area (Å²) in [5.41, 5.74) is 2.14. The zero-order valence-electron chi connectivity index (χ0n) is 18.2. The van der Waals surface area contributed by atoms with Gasteiger partial charge in [0.05, 0.1) is 36.8 Å². The van der Waals surface area contributed by atoms with E-state index in [0.717, 1.165) is 5.56 Å². The Bertz CT molecular complexity index is 1160. The summed E-state index contributed by atoms with van der Waals surface area (Å²) in [7, 11) is 0. The molecule has 3 aromatic rings. The monoisotopic (exact) mass is 469 g/mol. The quantitative estimate of drug-likeness (QED) is 0.497. The van der Waals surface area contributed by atoms with E-state index in [1.807, 2.05) is 6.07 Å². The van der Waals surface area contributed by atoms with Gasteiger partial charge in [-0.05, 0) is 26.0 Å². The van der Waals surface area contributed by atoms with Crippen LogP contribution in [0.1, 0.15) is 32.6 Å². The van der Waals surface area contributed by atoms with Crippen LogP contribution in [0.25, 0.3) is 11.3 Å². The van der Waals surface area contributed by atoms with E-state index in [1.165, 1.54) is 23.5 Å². The highest BCUT2D eigenvalue weighted by molar-refractivity contribution is 7.17. The number of hydrogen-bond donors (Lipinski definition) is 2. The minimum atomic E-state index is -0.989. The summed E-state index contributed by atoms with van der Waals surface area (Å²) in [5.74, 6) is -0.368. The van der Waals surface area contributed by atoms with Crippen molar-refractivity contribution < 1.29 is 24.2 Å². The number of carbonyl (C=O) groups excluding carboxylic acids is 1. The number of carbonyl (C=O) groups is 2. The van der Waals surface area contributed by atoms with E-state index in [4.69, 9.17) is 9.47 Å². The third-order valence-corrected chi connectivity index (χ3v) is 6.00. The molecule has 0 spiro atoms. The second-order valence-electron chi connectivity index (χ2n) is 7.20. The number of aromatic nitrogens is 3. The molecule has 33 heavy (non-hydrogen) atoms. The lowest BCUT2D eigenvalue weighted by atomic mass is 10.1. The normalized spacial score (nSPS) is 13.6. The van der Waals surface area contributed by atoms with Gasteiger partial charge in [0.2, 0.25) is 5.95 Å². The number of nitrogens with one attached hydrogen (secondary N) is 1. The molecular formula is C22H23N5O5S. The van der Waals surface area contributed by atoms with E-state index < -0.39 is 11.9 Å². The fourth-order valence-electron chi connectivity index (χ4n) is 3.31. The van der Waals surface area contributed by atoms with Crippen LogP contribution < -0.4 is 10.2 Å². The first-order valence-electron chi connectivity index (χ1n) is 10.4. The molecule has 11 heteroatoms. The van der Waals surface area contributed by atoms with E-state index in [0.29, 0.717) is 59.5 Å². The van der Waals surface area contributed by atoms with Crippen LogP contribution >= 0.6 is 11.3 Å². The third-order valence-electron chi connectivity index (χ3n) is 4.95.